The Hall–Kier alpha value is -0.940. The molecule has 2 aliphatic heterocycles. The van der Waals surface area contributed by atoms with Crippen molar-refractivity contribution in [3.63, 3.8) is 0 Å². The fraction of sp³-hybridized carbons (Fsp3) is 0.650. The molecule has 1 amide bonds. The van der Waals surface area contributed by atoms with Gasteiger partial charge in [-0.15, -0.1) is 0 Å². The van der Waals surface area contributed by atoms with Gasteiger partial charge in [0.25, 0.3) is 0 Å². The molecule has 0 saturated carbocycles. The smallest absolute Gasteiger partial charge is 0.244 e. The zero-order chi connectivity index (χ0) is 22.8. The average molecular weight is 495 g/mol. The van der Waals surface area contributed by atoms with Crippen molar-refractivity contribution in [2.24, 2.45) is 5.92 Å². The van der Waals surface area contributed by atoms with Crippen LogP contribution in [0.5, 0.6) is 0 Å². The van der Waals surface area contributed by atoms with E-state index >= 15 is 0 Å². The number of ether oxygens (including phenoxy) is 1. The second-order valence-electron chi connectivity index (χ2n) is 7.85. The van der Waals surface area contributed by atoms with E-state index in [4.69, 9.17) is 27.9 Å². The zero-order valence-electron chi connectivity index (χ0n) is 17.3. The average Bonchev–Trinajstić information content (AvgIpc) is 2.80. The van der Waals surface area contributed by atoms with Crippen LogP contribution in [0.15, 0.2) is 23.1 Å². The monoisotopic (exact) mass is 494 g/mol. The number of benzene rings is 1. The second kappa shape index (κ2) is 10.3. The number of halogens is 2. The Morgan fingerprint density at radius 2 is 1.90 bits per heavy atom. The molecular formula is C20H28Cl2N2O6S. The summed E-state index contributed by atoms with van der Waals surface area (Å²) in [6.07, 6.45) is 0.302. The second-order valence-corrected chi connectivity index (χ2v) is 10.6. The van der Waals surface area contributed by atoms with Crippen molar-refractivity contribution >= 4 is 39.1 Å². The van der Waals surface area contributed by atoms with Crippen LogP contribution < -0.4 is 0 Å². The number of aliphatic hydroxyl groups excluding tert-OH is 2. The summed E-state index contributed by atoms with van der Waals surface area (Å²) < 4.78 is 34.0. The van der Waals surface area contributed by atoms with E-state index in [0.29, 0.717) is 32.5 Å². The van der Waals surface area contributed by atoms with E-state index < -0.39 is 40.7 Å². The zero-order valence-corrected chi connectivity index (χ0v) is 19.6. The molecule has 11 heteroatoms. The van der Waals surface area contributed by atoms with Crippen molar-refractivity contribution in [3.8, 4) is 0 Å². The van der Waals surface area contributed by atoms with Gasteiger partial charge in [0.05, 0.1) is 24.2 Å². The standard InChI is InChI=1S/C20H28Cl2N2O6S/c1-2-30-7-6-23-11-16(19(26)12-25)17-4-3-5-18(20(23)27)24(17)31(28,29)15-9-13(21)8-14(22)10-15/h8-10,16-19,25-26H,2-7,11-12H2,1H3/t16-,17-,18?,19?/m0/s1. The number of rotatable bonds is 8. The van der Waals surface area contributed by atoms with Crippen LogP contribution in [0.2, 0.25) is 10.0 Å². The lowest BCUT2D eigenvalue weighted by molar-refractivity contribution is -0.135. The molecule has 0 aromatic heterocycles. The van der Waals surface area contributed by atoms with Crippen molar-refractivity contribution in [2.75, 3.05) is 32.9 Å². The molecular weight excluding hydrogens is 467 g/mol. The van der Waals surface area contributed by atoms with E-state index in [-0.39, 0.29) is 33.9 Å². The Kier molecular flexibility index (Phi) is 8.23. The van der Waals surface area contributed by atoms with Crippen LogP contribution in [0.3, 0.4) is 0 Å². The summed E-state index contributed by atoms with van der Waals surface area (Å²) in [6, 6.07) is 2.49. The van der Waals surface area contributed by atoms with Crippen LogP contribution in [0, 0.1) is 5.92 Å². The maximum atomic E-state index is 13.7. The van der Waals surface area contributed by atoms with Gasteiger partial charge < -0.3 is 19.8 Å². The molecule has 174 valence electrons. The molecule has 1 aromatic rings. The third-order valence-electron chi connectivity index (χ3n) is 5.94. The first-order valence-corrected chi connectivity index (χ1v) is 12.5. The van der Waals surface area contributed by atoms with Crippen LogP contribution in [0.1, 0.15) is 26.2 Å². The summed E-state index contributed by atoms with van der Waals surface area (Å²) >= 11 is 12.1. The number of carbonyl (C=O) groups excluding carboxylic acids is 1. The Morgan fingerprint density at radius 1 is 1.23 bits per heavy atom. The van der Waals surface area contributed by atoms with Gasteiger partial charge in [0, 0.05) is 41.7 Å². The lowest BCUT2D eigenvalue weighted by atomic mass is 9.87. The van der Waals surface area contributed by atoms with Crippen LogP contribution in [-0.4, -0.2) is 84.8 Å². The normalized spacial score (nSPS) is 26.0. The summed E-state index contributed by atoms with van der Waals surface area (Å²) in [6.45, 7) is 2.53. The quantitative estimate of drug-likeness (QED) is 0.533. The third kappa shape index (κ3) is 5.19. The van der Waals surface area contributed by atoms with Crippen molar-refractivity contribution in [1.29, 1.82) is 0 Å². The molecule has 2 bridgehead atoms. The number of nitrogens with zero attached hydrogens (tertiary/aromatic N) is 2. The van der Waals surface area contributed by atoms with Gasteiger partial charge >= 0.3 is 0 Å². The van der Waals surface area contributed by atoms with Gasteiger partial charge in [-0.25, -0.2) is 8.42 Å². The highest BCUT2D eigenvalue weighted by atomic mass is 35.5. The summed E-state index contributed by atoms with van der Waals surface area (Å²) in [5, 5.41) is 20.5. The summed E-state index contributed by atoms with van der Waals surface area (Å²) in [5.74, 6) is -0.973. The molecule has 2 fully saturated rings. The number of aliphatic hydroxyl groups is 2. The van der Waals surface area contributed by atoms with Crippen LogP contribution in [0.4, 0.5) is 0 Å². The van der Waals surface area contributed by atoms with Gasteiger partial charge in [-0.3, -0.25) is 4.79 Å². The van der Waals surface area contributed by atoms with E-state index in [1.165, 1.54) is 22.5 Å². The lowest BCUT2D eigenvalue weighted by Crippen LogP contribution is -2.56. The first-order chi connectivity index (χ1) is 14.7. The molecule has 8 nitrogen and oxygen atoms in total. The first kappa shape index (κ1) is 24.7. The van der Waals surface area contributed by atoms with Crippen molar-refractivity contribution in [1.82, 2.24) is 9.21 Å². The minimum atomic E-state index is -4.15. The number of carbonyl (C=O) groups is 1. The first-order valence-electron chi connectivity index (χ1n) is 10.4. The van der Waals surface area contributed by atoms with Crippen molar-refractivity contribution in [2.45, 2.75) is 49.3 Å². The summed E-state index contributed by atoms with van der Waals surface area (Å²) in [7, 11) is -4.15. The highest BCUT2D eigenvalue weighted by Gasteiger charge is 2.51. The molecule has 0 radical (unpaired) electrons. The number of amides is 1. The van der Waals surface area contributed by atoms with E-state index in [2.05, 4.69) is 0 Å². The topological polar surface area (TPSA) is 107 Å². The van der Waals surface area contributed by atoms with Gasteiger partial charge in [-0.2, -0.15) is 4.31 Å². The Bertz CT molecular complexity index is 879. The predicted octanol–water partition coefficient (Wildman–Crippen LogP) is 1.75. The van der Waals surface area contributed by atoms with Crippen LogP contribution in [-0.2, 0) is 19.6 Å². The van der Waals surface area contributed by atoms with Gasteiger partial charge in [0.15, 0.2) is 0 Å². The lowest BCUT2D eigenvalue weighted by Gasteiger charge is -2.41. The highest BCUT2D eigenvalue weighted by Crippen LogP contribution is 2.39. The Morgan fingerprint density at radius 3 is 2.52 bits per heavy atom. The molecule has 0 spiro atoms. The molecule has 2 saturated heterocycles. The fourth-order valence-electron chi connectivity index (χ4n) is 4.50. The van der Waals surface area contributed by atoms with Gasteiger partial charge in [0.1, 0.15) is 6.04 Å². The Balaban J connectivity index is 2.07. The maximum absolute atomic E-state index is 13.7. The number of hydrogen-bond donors (Lipinski definition) is 2. The van der Waals surface area contributed by atoms with Gasteiger partial charge in [0.2, 0.25) is 15.9 Å². The molecule has 3 rings (SSSR count). The number of fused-ring (bicyclic) bond motifs is 2. The SMILES string of the molecule is CCOCCN1C[C@H](C(O)CO)[C@@H]2CCCC(C1=O)N2S(=O)(=O)c1cc(Cl)cc(Cl)c1. The molecule has 0 aliphatic carbocycles. The number of hydrogen-bond acceptors (Lipinski definition) is 6. The van der Waals surface area contributed by atoms with Crippen LogP contribution in [0.25, 0.3) is 0 Å². The van der Waals surface area contributed by atoms with Crippen molar-refractivity contribution in [3.05, 3.63) is 28.2 Å². The largest absolute Gasteiger partial charge is 0.394 e. The Labute approximate surface area is 192 Å². The van der Waals surface area contributed by atoms with E-state index in [1.807, 2.05) is 6.92 Å². The minimum Gasteiger partial charge on any atom is -0.394 e. The van der Waals surface area contributed by atoms with Gasteiger partial charge in [-0.05, 0) is 44.4 Å². The van der Waals surface area contributed by atoms with Crippen LogP contribution >= 0.6 is 23.2 Å². The molecule has 2 heterocycles. The molecule has 1 aromatic carbocycles. The summed E-state index contributed by atoms with van der Waals surface area (Å²) in [5.41, 5.74) is 0. The minimum absolute atomic E-state index is 0.102. The van der Waals surface area contributed by atoms with Gasteiger partial charge in [-0.1, -0.05) is 23.2 Å². The molecule has 2 unspecified atom stereocenters. The number of sulfonamides is 1. The summed E-state index contributed by atoms with van der Waals surface area (Å²) in [4.78, 5) is 14.8. The molecule has 4 atom stereocenters. The predicted molar refractivity (Wildman–Crippen MR) is 117 cm³/mol. The van der Waals surface area contributed by atoms with Crippen molar-refractivity contribution < 1.29 is 28.2 Å². The molecule has 2 N–H and O–H groups in total. The molecule has 31 heavy (non-hydrogen) atoms. The highest BCUT2D eigenvalue weighted by molar-refractivity contribution is 7.89. The fourth-order valence-corrected chi connectivity index (χ4v) is 7.10. The number of piperidine rings is 1. The third-order valence-corrected chi connectivity index (χ3v) is 8.28. The van der Waals surface area contributed by atoms with E-state index in [9.17, 15) is 23.4 Å². The maximum Gasteiger partial charge on any atom is 0.244 e. The molecule has 2 aliphatic rings. The van der Waals surface area contributed by atoms with E-state index in [1.54, 1.807) is 4.90 Å². The van der Waals surface area contributed by atoms with E-state index in [0.717, 1.165) is 0 Å².